The van der Waals surface area contributed by atoms with E-state index in [-0.39, 0.29) is 12.3 Å². The molecule has 1 saturated heterocycles. The van der Waals surface area contributed by atoms with Gasteiger partial charge in [0, 0.05) is 0 Å². The molecule has 1 aliphatic rings. The zero-order valence-electron chi connectivity index (χ0n) is 6.14. The van der Waals surface area contributed by atoms with E-state index in [1.165, 1.54) is 11.1 Å². The van der Waals surface area contributed by atoms with E-state index in [2.05, 4.69) is 20.8 Å². The molecule has 9 heavy (non-hydrogen) atoms. The molecule has 1 aliphatic heterocycles. The Kier molecular flexibility index (Phi) is 1.60. The highest BCUT2D eigenvalue weighted by atomic mass is 16.6. The molecule has 2 heteroatoms. The third kappa shape index (κ3) is 1.32. The summed E-state index contributed by atoms with van der Waals surface area (Å²) in [6.07, 6.45) is 0.190. The molecule has 1 heterocycles. The molecule has 0 amide bonds. The summed E-state index contributed by atoms with van der Waals surface area (Å²) in [7, 11) is 0. The molecule has 0 bridgehead atoms. The van der Waals surface area contributed by atoms with Crippen molar-refractivity contribution < 1.29 is 4.74 Å². The van der Waals surface area contributed by atoms with Crippen molar-refractivity contribution in [1.82, 2.24) is 0 Å². The topological polar surface area (TPSA) is 38.5 Å². The molecule has 0 aromatic heterocycles. The predicted octanol–water partition coefficient (Wildman–Crippen LogP) is 1.03. The smallest absolute Gasteiger partial charge is 0.137 e. The van der Waals surface area contributed by atoms with E-state index < -0.39 is 0 Å². The predicted molar refractivity (Wildman–Crippen MR) is 36.9 cm³/mol. The summed E-state index contributed by atoms with van der Waals surface area (Å²) in [5.41, 5.74) is 8.04. The Hall–Kier alpha value is -0.340. The summed E-state index contributed by atoms with van der Waals surface area (Å²) in [5.74, 6) is 0. The zero-order chi connectivity index (χ0) is 7.02. The van der Waals surface area contributed by atoms with E-state index in [0.717, 1.165) is 0 Å². The standard InChI is InChI=1S/C7H13NO/c1-4(2)5(3)6-7(8)9-6/h6-7H,8H2,1-3H3. The lowest BCUT2D eigenvalue weighted by molar-refractivity contribution is 0.388. The number of nitrogens with two attached hydrogens (primary N) is 1. The molecular weight excluding hydrogens is 114 g/mol. The van der Waals surface area contributed by atoms with Crippen LogP contribution in [0, 0.1) is 0 Å². The van der Waals surface area contributed by atoms with Gasteiger partial charge in [-0.25, -0.2) is 0 Å². The first kappa shape index (κ1) is 6.78. The van der Waals surface area contributed by atoms with Crippen LogP contribution in [0.5, 0.6) is 0 Å². The van der Waals surface area contributed by atoms with Crippen molar-refractivity contribution >= 4 is 0 Å². The minimum absolute atomic E-state index is 0.0279. The van der Waals surface area contributed by atoms with Gasteiger partial charge in [0.1, 0.15) is 12.3 Å². The van der Waals surface area contributed by atoms with Gasteiger partial charge in [0.15, 0.2) is 0 Å². The maximum atomic E-state index is 5.45. The SMILES string of the molecule is CC(C)=C(C)C1OC1N. The van der Waals surface area contributed by atoms with Crippen LogP contribution in [0.1, 0.15) is 20.8 Å². The molecule has 2 N–H and O–H groups in total. The lowest BCUT2D eigenvalue weighted by atomic mass is 10.1. The molecule has 0 radical (unpaired) electrons. The van der Waals surface area contributed by atoms with Crippen molar-refractivity contribution in [2.75, 3.05) is 0 Å². The summed E-state index contributed by atoms with van der Waals surface area (Å²) in [4.78, 5) is 0. The number of hydrogen-bond donors (Lipinski definition) is 1. The minimum atomic E-state index is -0.0279. The average molecular weight is 127 g/mol. The van der Waals surface area contributed by atoms with Gasteiger partial charge in [0.2, 0.25) is 0 Å². The fraction of sp³-hybridized carbons (Fsp3) is 0.714. The normalized spacial score (nSPS) is 32.0. The fourth-order valence-corrected chi connectivity index (χ4v) is 0.757. The summed E-state index contributed by atoms with van der Waals surface area (Å²) in [6.45, 7) is 6.21. The molecule has 2 atom stereocenters. The second-order valence-electron chi connectivity index (χ2n) is 2.70. The van der Waals surface area contributed by atoms with Gasteiger partial charge in [-0.2, -0.15) is 0 Å². The van der Waals surface area contributed by atoms with Crippen molar-refractivity contribution in [3.05, 3.63) is 11.1 Å². The molecule has 52 valence electrons. The lowest BCUT2D eigenvalue weighted by Gasteiger charge is -1.95. The fourth-order valence-electron chi connectivity index (χ4n) is 0.757. The number of hydrogen-bond acceptors (Lipinski definition) is 2. The van der Waals surface area contributed by atoms with Crippen LogP contribution in [0.25, 0.3) is 0 Å². The number of epoxide rings is 1. The summed E-state index contributed by atoms with van der Waals surface area (Å²) in [5, 5.41) is 0. The summed E-state index contributed by atoms with van der Waals surface area (Å²) >= 11 is 0. The molecule has 0 aromatic rings. The Balaban J connectivity index is 2.54. The minimum Gasteiger partial charge on any atom is -0.349 e. The molecule has 0 aromatic carbocycles. The van der Waals surface area contributed by atoms with Crippen LogP contribution in [0.15, 0.2) is 11.1 Å². The van der Waals surface area contributed by atoms with E-state index in [1.54, 1.807) is 0 Å². The van der Waals surface area contributed by atoms with E-state index >= 15 is 0 Å². The Morgan fingerprint density at radius 3 is 1.89 bits per heavy atom. The Morgan fingerprint density at radius 2 is 1.78 bits per heavy atom. The molecule has 0 spiro atoms. The van der Waals surface area contributed by atoms with Crippen LogP contribution in [-0.2, 0) is 4.74 Å². The first-order valence-electron chi connectivity index (χ1n) is 3.18. The average Bonchev–Trinajstić information content (AvgIpc) is 2.44. The molecule has 2 unspecified atom stereocenters. The number of allylic oxidation sites excluding steroid dienone is 1. The van der Waals surface area contributed by atoms with Crippen LogP contribution < -0.4 is 5.73 Å². The van der Waals surface area contributed by atoms with Gasteiger partial charge < -0.3 is 10.5 Å². The number of rotatable bonds is 1. The Morgan fingerprint density at radius 1 is 1.33 bits per heavy atom. The number of ether oxygens (including phenoxy) is 1. The van der Waals surface area contributed by atoms with Crippen LogP contribution in [0.4, 0.5) is 0 Å². The highest BCUT2D eigenvalue weighted by Crippen LogP contribution is 2.26. The molecule has 0 aliphatic carbocycles. The van der Waals surface area contributed by atoms with E-state index in [1.807, 2.05) is 0 Å². The Labute approximate surface area is 55.7 Å². The van der Waals surface area contributed by atoms with Crippen LogP contribution in [0.2, 0.25) is 0 Å². The van der Waals surface area contributed by atoms with Crippen molar-refractivity contribution in [1.29, 1.82) is 0 Å². The molecule has 0 saturated carbocycles. The van der Waals surface area contributed by atoms with Crippen LogP contribution in [-0.4, -0.2) is 12.3 Å². The highest BCUT2D eigenvalue weighted by molar-refractivity contribution is 5.18. The molecular formula is C7H13NO. The third-order valence-electron chi connectivity index (χ3n) is 1.74. The second-order valence-corrected chi connectivity index (χ2v) is 2.70. The van der Waals surface area contributed by atoms with Gasteiger partial charge in [-0.05, 0) is 26.3 Å². The van der Waals surface area contributed by atoms with Crippen molar-refractivity contribution in [2.24, 2.45) is 5.73 Å². The van der Waals surface area contributed by atoms with E-state index in [9.17, 15) is 0 Å². The van der Waals surface area contributed by atoms with Gasteiger partial charge >= 0.3 is 0 Å². The van der Waals surface area contributed by atoms with Crippen molar-refractivity contribution in [3.63, 3.8) is 0 Å². The van der Waals surface area contributed by atoms with Gasteiger partial charge in [0.25, 0.3) is 0 Å². The Bertz CT molecular complexity index is 147. The van der Waals surface area contributed by atoms with Crippen molar-refractivity contribution in [3.8, 4) is 0 Å². The first-order chi connectivity index (χ1) is 4.13. The van der Waals surface area contributed by atoms with Gasteiger partial charge in [0.05, 0.1) is 0 Å². The third-order valence-corrected chi connectivity index (χ3v) is 1.74. The quantitative estimate of drug-likeness (QED) is 0.422. The zero-order valence-corrected chi connectivity index (χ0v) is 6.14. The maximum absolute atomic E-state index is 5.45. The van der Waals surface area contributed by atoms with Gasteiger partial charge in [-0.1, -0.05) is 5.57 Å². The highest BCUT2D eigenvalue weighted by Gasteiger charge is 2.36. The van der Waals surface area contributed by atoms with E-state index in [0.29, 0.717) is 0 Å². The van der Waals surface area contributed by atoms with Crippen LogP contribution >= 0.6 is 0 Å². The van der Waals surface area contributed by atoms with E-state index in [4.69, 9.17) is 10.5 Å². The molecule has 1 rings (SSSR count). The summed E-state index contributed by atoms with van der Waals surface area (Å²) < 4.78 is 5.06. The van der Waals surface area contributed by atoms with Crippen LogP contribution in [0.3, 0.4) is 0 Å². The van der Waals surface area contributed by atoms with Gasteiger partial charge in [-0.3, -0.25) is 0 Å². The second kappa shape index (κ2) is 2.12. The molecule has 1 fully saturated rings. The first-order valence-corrected chi connectivity index (χ1v) is 3.18. The largest absolute Gasteiger partial charge is 0.349 e. The lowest BCUT2D eigenvalue weighted by Crippen LogP contribution is -2.06. The van der Waals surface area contributed by atoms with Gasteiger partial charge in [-0.15, -0.1) is 0 Å². The van der Waals surface area contributed by atoms with Crippen molar-refractivity contribution in [2.45, 2.75) is 33.1 Å². The monoisotopic (exact) mass is 127 g/mol. The maximum Gasteiger partial charge on any atom is 0.137 e. The summed E-state index contributed by atoms with van der Waals surface area (Å²) in [6, 6.07) is 0. The molecule has 2 nitrogen and oxygen atoms in total.